The summed E-state index contributed by atoms with van der Waals surface area (Å²) in [5, 5.41) is 13.0. The second-order valence-electron chi connectivity index (χ2n) is 6.74. The number of hydrogen-bond acceptors (Lipinski definition) is 4. The van der Waals surface area contributed by atoms with Crippen LogP contribution in [0.2, 0.25) is 0 Å². The molecule has 3 aliphatic heterocycles. The summed E-state index contributed by atoms with van der Waals surface area (Å²) in [6, 6.07) is 0.696. The van der Waals surface area contributed by atoms with Crippen molar-refractivity contribution in [2.45, 2.75) is 63.1 Å². The summed E-state index contributed by atoms with van der Waals surface area (Å²) in [6.07, 6.45) is 7.64. The van der Waals surface area contributed by atoms with Crippen LogP contribution in [0.25, 0.3) is 0 Å². The Hall–Kier alpha value is -0.650. The van der Waals surface area contributed by atoms with Crippen LogP contribution in [-0.2, 0) is 4.79 Å². The summed E-state index contributed by atoms with van der Waals surface area (Å²) in [7, 11) is 0. The van der Waals surface area contributed by atoms with Gasteiger partial charge in [-0.3, -0.25) is 9.69 Å². The van der Waals surface area contributed by atoms with E-state index in [4.69, 9.17) is 0 Å². The number of carbonyl (C=O) groups excluding carboxylic acids is 1. The third kappa shape index (κ3) is 3.25. The van der Waals surface area contributed by atoms with Gasteiger partial charge in [-0.05, 0) is 64.6 Å². The predicted molar refractivity (Wildman–Crippen MR) is 82.1 cm³/mol. The van der Waals surface area contributed by atoms with Gasteiger partial charge in [-0.1, -0.05) is 0 Å². The Bertz CT molecular complexity index is 357. The molecule has 21 heavy (non-hydrogen) atoms. The highest BCUT2D eigenvalue weighted by Gasteiger charge is 2.39. The molecule has 2 unspecified atom stereocenters. The quantitative estimate of drug-likeness (QED) is 0.799. The van der Waals surface area contributed by atoms with Crippen LogP contribution in [0, 0.1) is 0 Å². The second kappa shape index (κ2) is 7.07. The molecule has 3 aliphatic rings. The van der Waals surface area contributed by atoms with E-state index in [0.717, 1.165) is 71.1 Å². The fraction of sp³-hybridized carbons (Fsp3) is 0.938. The number of nitrogens with one attached hydrogen (secondary N) is 1. The molecule has 0 aromatic rings. The van der Waals surface area contributed by atoms with Gasteiger partial charge in [0.15, 0.2) is 0 Å². The number of carbonyl (C=O) groups is 1. The number of rotatable bonds is 3. The van der Waals surface area contributed by atoms with Crippen molar-refractivity contribution in [1.29, 1.82) is 0 Å². The smallest absolute Gasteiger partial charge is 0.240 e. The molecule has 120 valence electrons. The van der Waals surface area contributed by atoms with Crippen molar-refractivity contribution in [2.75, 3.05) is 32.8 Å². The molecule has 0 aromatic heterocycles. The van der Waals surface area contributed by atoms with Crippen molar-refractivity contribution in [3.05, 3.63) is 0 Å². The molecule has 3 fully saturated rings. The molecular formula is C16H29N3O2. The van der Waals surface area contributed by atoms with Gasteiger partial charge in [0.2, 0.25) is 5.91 Å². The Balaban J connectivity index is 1.67. The van der Waals surface area contributed by atoms with Gasteiger partial charge in [0.25, 0.3) is 0 Å². The summed E-state index contributed by atoms with van der Waals surface area (Å²) in [5.74, 6) is 0.282. The molecule has 0 spiro atoms. The van der Waals surface area contributed by atoms with E-state index in [9.17, 15) is 9.90 Å². The van der Waals surface area contributed by atoms with Crippen molar-refractivity contribution < 1.29 is 9.90 Å². The molecule has 0 radical (unpaired) electrons. The van der Waals surface area contributed by atoms with Gasteiger partial charge in [-0.15, -0.1) is 0 Å². The first-order valence-electron chi connectivity index (χ1n) is 8.69. The Kier molecular flexibility index (Phi) is 5.14. The molecule has 5 nitrogen and oxygen atoms in total. The van der Waals surface area contributed by atoms with Crippen molar-refractivity contribution in [2.24, 2.45) is 0 Å². The molecule has 2 atom stereocenters. The van der Waals surface area contributed by atoms with Crippen LogP contribution in [-0.4, -0.2) is 71.7 Å². The van der Waals surface area contributed by atoms with Crippen LogP contribution >= 0.6 is 0 Å². The number of hydrogen-bond donors (Lipinski definition) is 2. The summed E-state index contributed by atoms with van der Waals surface area (Å²) in [6.45, 7) is 4.17. The average molecular weight is 295 g/mol. The van der Waals surface area contributed by atoms with Crippen LogP contribution in [0.5, 0.6) is 0 Å². The standard InChI is InChI=1S/C16H29N3O2/c20-12-14-4-1-2-10-19(14)16(21)15-5-3-11-18(15)13-6-8-17-9-7-13/h13-15,17,20H,1-12H2. The molecule has 0 aromatic carbocycles. The van der Waals surface area contributed by atoms with Gasteiger partial charge in [-0.25, -0.2) is 0 Å². The molecule has 0 aliphatic carbocycles. The van der Waals surface area contributed by atoms with Crippen LogP contribution < -0.4 is 5.32 Å². The van der Waals surface area contributed by atoms with Crippen LogP contribution in [0.1, 0.15) is 44.9 Å². The maximum atomic E-state index is 13.0. The van der Waals surface area contributed by atoms with Crippen molar-refractivity contribution in [3.8, 4) is 0 Å². The van der Waals surface area contributed by atoms with E-state index in [0.29, 0.717) is 6.04 Å². The molecule has 3 heterocycles. The second-order valence-corrected chi connectivity index (χ2v) is 6.74. The van der Waals surface area contributed by atoms with Crippen LogP contribution in [0.4, 0.5) is 0 Å². The van der Waals surface area contributed by atoms with Gasteiger partial charge in [0, 0.05) is 12.6 Å². The lowest BCUT2D eigenvalue weighted by Gasteiger charge is -2.40. The number of nitrogens with zero attached hydrogens (tertiary/aromatic N) is 2. The van der Waals surface area contributed by atoms with E-state index in [1.807, 2.05) is 4.90 Å². The first-order chi connectivity index (χ1) is 10.3. The molecule has 0 bridgehead atoms. The van der Waals surface area contributed by atoms with Gasteiger partial charge in [0.05, 0.1) is 18.7 Å². The highest BCUT2D eigenvalue weighted by atomic mass is 16.3. The lowest BCUT2D eigenvalue weighted by Crippen LogP contribution is -2.55. The Morgan fingerprint density at radius 1 is 1.05 bits per heavy atom. The largest absolute Gasteiger partial charge is 0.394 e. The molecule has 3 rings (SSSR count). The minimum absolute atomic E-state index is 0.0572. The minimum Gasteiger partial charge on any atom is -0.394 e. The van der Waals surface area contributed by atoms with Crippen LogP contribution in [0.3, 0.4) is 0 Å². The third-order valence-corrected chi connectivity index (χ3v) is 5.48. The Labute approximate surface area is 127 Å². The molecular weight excluding hydrogens is 266 g/mol. The van der Waals surface area contributed by atoms with E-state index in [-0.39, 0.29) is 24.6 Å². The number of aliphatic hydroxyl groups is 1. The maximum Gasteiger partial charge on any atom is 0.240 e. The van der Waals surface area contributed by atoms with Crippen LogP contribution in [0.15, 0.2) is 0 Å². The van der Waals surface area contributed by atoms with E-state index in [2.05, 4.69) is 10.2 Å². The van der Waals surface area contributed by atoms with Crippen molar-refractivity contribution >= 4 is 5.91 Å². The lowest BCUT2D eigenvalue weighted by molar-refractivity contribution is -0.141. The minimum atomic E-state index is 0.0572. The summed E-state index contributed by atoms with van der Waals surface area (Å²) in [5.41, 5.74) is 0. The molecule has 3 saturated heterocycles. The molecule has 0 saturated carbocycles. The molecule has 1 amide bonds. The fourth-order valence-corrected chi connectivity index (χ4v) is 4.30. The topological polar surface area (TPSA) is 55.8 Å². The van der Waals surface area contributed by atoms with E-state index in [1.165, 1.54) is 0 Å². The van der Waals surface area contributed by atoms with E-state index in [1.54, 1.807) is 0 Å². The maximum absolute atomic E-state index is 13.0. The fourth-order valence-electron chi connectivity index (χ4n) is 4.30. The van der Waals surface area contributed by atoms with Crippen molar-refractivity contribution in [3.63, 3.8) is 0 Å². The van der Waals surface area contributed by atoms with Gasteiger partial charge >= 0.3 is 0 Å². The SMILES string of the molecule is O=C(C1CCCN1C1CCNCC1)N1CCCCC1CO. The zero-order valence-electron chi connectivity index (χ0n) is 13.0. The van der Waals surface area contributed by atoms with Crippen molar-refractivity contribution in [1.82, 2.24) is 15.1 Å². The number of piperidine rings is 2. The van der Waals surface area contributed by atoms with Gasteiger partial charge in [0.1, 0.15) is 0 Å². The highest BCUT2D eigenvalue weighted by molar-refractivity contribution is 5.82. The van der Waals surface area contributed by atoms with E-state index < -0.39 is 0 Å². The predicted octanol–water partition coefficient (Wildman–Crippen LogP) is 0.576. The normalized spacial score (nSPS) is 32.5. The summed E-state index contributed by atoms with van der Waals surface area (Å²) in [4.78, 5) is 17.4. The number of amides is 1. The Morgan fingerprint density at radius 3 is 2.62 bits per heavy atom. The summed E-state index contributed by atoms with van der Waals surface area (Å²) >= 11 is 0. The zero-order chi connectivity index (χ0) is 14.7. The van der Waals surface area contributed by atoms with E-state index >= 15 is 0 Å². The first-order valence-corrected chi connectivity index (χ1v) is 8.69. The Morgan fingerprint density at radius 2 is 1.86 bits per heavy atom. The molecule has 2 N–H and O–H groups in total. The number of likely N-dealkylation sites (tertiary alicyclic amines) is 2. The van der Waals surface area contributed by atoms with Gasteiger partial charge in [-0.2, -0.15) is 0 Å². The number of aliphatic hydroxyl groups excluding tert-OH is 1. The lowest BCUT2D eigenvalue weighted by atomic mass is 9.99. The highest BCUT2D eigenvalue weighted by Crippen LogP contribution is 2.28. The summed E-state index contributed by atoms with van der Waals surface area (Å²) < 4.78 is 0. The average Bonchev–Trinajstić information content (AvgIpc) is 3.04. The molecule has 5 heteroatoms. The monoisotopic (exact) mass is 295 g/mol. The third-order valence-electron chi connectivity index (χ3n) is 5.48. The first kappa shape index (κ1) is 15.3. The zero-order valence-corrected chi connectivity index (χ0v) is 13.0. The van der Waals surface area contributed by atoms with Gasteiger partial charge < -0.3 is 15.3 Å².